The van der Waals surface area contributed by atoms with Gasteiger partial charge in [0, 0.05) is 17.5 Å². The SMILES string of the molecule is CCC(N)C(c1sccc1C)N(C)Cc1csc(Br)c1. The molecule has 0 fully saturated rings. The van der Waals surface area contributed by atoms with E-state index in [1.807, 2.05) is 11.3 Å². The van der Waals surface area contributed by atoms with Crippen molar-refractivity contribution < 1.29 is 0 Å². The van der Waals surface area contributed by atoms with Gasteiger partial charge in [-0.25, -0.2) is 0 Å². The molecule has 0 aliphatic rings. The normalized spacial score (nSPS) is 14.7. The van der Waals surface area contributed by atoms with Crippen molar-refractivity contribution in [3.8, 4) is 0 Å². The Balaban J connectivity index is 2.20. The summed E-state index contributed by atoms with van der Waals surface area (Å²) in [7, 11) is 2.17. The maximum Gasteiger partial charge on any atom is 0.0701 e. The fourth-order valence-corrected chi connectivity index (χ4v) is 4.81. The summed E-state index contributed by atoms with van der Waals surface area (Å²) in [5, 5.41) is 4.37. The molecule has 0 aromatic carbocycles. The molecule has 2 heterocycles. The summed E-state index contributed by atoms with van der Waals surface area (Å²) in [4.78, 5) is 3.78. The Morgan fingerprint density at radius 3 is 2.65 bits per heavy atom. The van der Waals surface area contributed by atoms with Gasteiger partial charge in [0.2, 0.25) is 0 Å². The monoisotopic (exact) mass is 372 g/mol. The van der Waals surface area contributed by atoms with Gasteiger partial charge >= 0.3 is 0 Å². The molecule has 2 unspecified atom stereocenters. The molecule has 0 bridgehead atoms. The number of nitrogens with zero attached hydrogens (tertiary/aromatic N) is 1. The van der Waals surface area contributed by atoms with Gasteiger partial charge < -0.3 is 5.73 Å². The van der Waals surface area contributed by atoms with Crippen molar-refractivity contribution in [1.29, 1.82) is 0 Å². The van der Waals surface area contributed by atoms with Crippen LogP contribution in [0.15, 0.2) is 26.7 Å². The Bertz CT molecular complexity index is 550. The smallest absolute Gasteiger partial charge is 0.0701 e. The van der Waals surface area contributed by atoms with E-state index >= 15 is 0 Å². The van der Waals surface area contributed by atoms with Crippen LogP contribution in [0.3, 0.4) is 0 Å². The molecule has 110 valence electrons. The number of likely N-dealkylation sites (N-methyl/N-ethyl adjacent to an activating group) is 1. The Morgan fingerprint density at radius 2 is 2.15 bits per heavy atom. The number of nitrogens with two attached hydrogens (primary N) is 1. The van der Waals surface area contributed by atoms with E-state index in [2.05, 4.69) is 64.6 Å². The van der Waals surface area contributed by atoms with Gasteiger partial charge in [0.05, 0.1) is 9.83 Å². The van der Waals surface area contributed by atoms with Crippen molar-refractivity contribution in [2.24, 2.45) is 5.73 Å². The second-order valence-electron chi connectivity index (χ2n) is 5.16. The molecule has 0 saturated heterocycles. The first-order chi connectivity index (χ1) is 9.52. The van der Waals surface area contributed by atoms with Crippen LogP contribution in [-0.4, -0.2) is 18.0 Å². The maximum absolute atomic E-state index is 6.40. The molecule has 2 N–H and O–H groups in total. The minimum absolute atomic E-state index is 0.166. The number of halogens is 1. The van der Waals surface area contributed by atoms with Crippen LogP contribution < -0.4 is 5.73 Å². The standard InChI is InChI=1S/C15H21BrN2S2/c1-4-12(17)14(15-10(2)5-6-19-15)18(3)8-11-7-13(16)20-9-11/h5-7,9,12,14H,4,8,17H2,1-3H3. The van der Waals surface area contributed by atoms with Crippen molar-refractivity contribution in [3.63, 3.8) is 0 Å². The van der Waals surface area contributed by atoms with Gasteiger partial charge in [-0.2, -0.15) is 0 Å². The van der Waals surface area contributed by atoms with Crippen LogP contribution in [0, 0.1) is 6.92 Å². The summed E-state index contributed by atoms with van der Waals surface area (Å²) in [5.41, 5.74) is 9.08. The number of rotatable bonds is 6. The molecule has 2 aromatic rings. The Morgan fingerprint density at radius 1 is 1.40 bits per heavy atom. The zero-order valence-electron chi connectivity index (χ0n) is 12.1. The van der Waals surface area contributed by atoms with Crippen molar-refractivity contribution >= 4 is 38.6 Å². The lowest BCUT2D eigenvalue weighted by Gasteiger charge is -2.32. The average Bonchev–Trinajstić information content (AvgIpc) is 2.99. The Labute approximate surface area is 137 Å². The molecule has 2 atom stereocenters. The first-order valence-corrected chi connectivity index (χ1v) is 9.30. The summed E-state index contributed by atoms with van der Waals surface area (Å²) in [6, 6.07) is 4.83. The Hall–Kier alpha value is -0.200. The summed E-state index contributed by atoms with van der Waals surface area (Å²) in [6.45, 7) is 5.27. The van der Waals surface area contributed by atoms with Gasteiger partial charge in [-0.1, -0.05) is 6.92 Å². The fourth-order valence-electron chi connectivity index (χ4n) is 2.45. The van der Waals surface area contributed by atoms with Gasteiger partial charge in [0.15, 0.2) is 0 Å². The van der Waals surface area contributed by atoms with Crippen LogP contribution in [0.5, 0.6) is 0 Å². The van der Waals surface area contributed by atoms with Crippen LogP contribution in [0.4, 0.5) is 0 Å². The molecule has 0 aliphatic heterocycles. The highest BCUT2D eigenvalue weighted by atomic mass is 79.9. The summed E-state index contributed by atoms with van der Waals surface area (Å²) < 4.78 is 1.18. The number of hydrogen-bond acceptors (Lipinski definition) is 4. The highest BCUT2D eigenvalue weighted by Crippen LogP contribution is 2.32. The van der Waals surface area contributed by atoms with Crippen LogP contribution in [0.25, 0.3) is 0 Å². The van der Waals surface area contributed by atoms with Gasteiger partial charge in [-0.05, 0) is 70.3 Å². The van der Waals surface area contributed by atoms with E-state index in [4.69, 9.17) is 5.73 Å². The molecule has 0 amide bonds. The topological polar surface area (TPSA) is 29.3 Å². The number of aryl methyl sites for hydroxylation is 1. The van der Waals surface area contributed by atoms with Gasteiger partial charge in [0.25, 0.3) is 0 Å². The highest BCUT2D eigenvalue weighted by Gasteiger charge is 2.25. The third-order valence-corrected chi connectivity index (χ3v) is 6.22. The van der Waals surface area contributed by atoms with Crippen molar-refractivity contribution in [2.45, 2.75) is 38.9 Å². The molecular weight excluding hydrogens is 352 g/mol. The minimum Gasteiger partial charge on any atom is -0.326 e. The van der Waals surface area contributed by atoms with E-state index in [1.54, 1.807) is 11.3 Å². The van der Waals surface area contributed by atoms with E-state index in [1.165, 1.54) is 19.8 Å². The van der Waals surface area contributed by atoms with Crippen LogP contribution >= 0.6 is 38.6 Å². The van der Waals surface area contributed by atoms with E-state index < -0.39 is 0 Å². The lowest BCUT2D eigenvalue weighted by molar-refractivity contribution is 0.204. The summed E-state index contributed by atoms with van der Waals surface area (Å²) >= 11 is 7.08. The van der Waals surface area contributed by atoms with Gasteiger partial charge in [0.1, 0.15) is 0 Å². The lowest BCUT2D eigenvalue weighted by Crippen LogP contribution is -2.38. The first kappa shape index (κ1) is 16.2. The van der Waals surface area contributed by atoms with Gasteiger partial charge in [-0.3, -0.25) is 4.90 Å². The predicted octanol–water partition coefficient (Wildman–Crippen LogP) is 4.79. The third-order valence-electron chi connectivity index (χ3n) is 3.58. The molecule has 2 aromatic heterocycles. The molecule has 0 spiro atoms. The molecule has 5 heteroatoms. The third kappa shape index (κ3) is 3.71. The van der Waals surface area contributed by atoms with Crippen molar-refractivity contribution in [1.82, 2.24) is 4.90 Å². The summed E-state index contributed by atoms with van der Waals surface area (Å²) in [6.07, 6.45) is 0.986. The Kier molecular flexibility index (Phi) is 5.81. The molecule has 0 saturated carbocycles. The number of thiophene rings is 2. The van der Waals surface area contributed by atoms with Crippen LogP contribution in [0.1, 0.15) is 35.4 Å². The van der Waals surface area contributed by atoms with Crippen molar-refractivity contribution in [2.75, 3.05) is 7.05 Å². The van der Waals surface area contributed by atoms with E-state index in [0.717, 1.165) is 13.0 Å². The molecule has 2 nitrogen and oxygen atoms in total. The maximum atomic E-state index is 6.40. The average molecular weight is 373 g/mol. The zero-order chi connectivity index (χ0) is 14.7. The van der Waals surface area contributed by atoms with Crippen molar-refractivity contribution in [3.05, 3.63) is 42.7 Å². The fraction of sp³-hybridized carbons (Fsp3) is 0.467. The molecule has 20 heavy (non-hydrogen) atoms. The van der Waals surface area contributed by atoms with Gasteiger partial charge in [-0.15, -0.1) is 22.7 Å². The van der Waals surface area contributed by atoms with E-state index in [0.29, 0.717) is 6.04 Å². The second-order valence-corrected chi connectivity index (χ2v) is 8.40. The molecule has 0 radical (unpaired) electrons. The molecule has 0 aliphatic carbocycles. The predicted molar refractivity (Wildman–Crippen MR) is 93.5 cm³/mol. The van der Waals surface area contributed by atoms with E-state index in [-0.39, 0.29) is 6.04 Å². The van der Waals surface area contributed by atoms with Crippen LogP contribution in [-0.2, 0) is 6.54 Å². The quantitative estimate of drug-likeness (QED) is 0.789. The number of hydrogen-bond donors (Lipinski definition) is 1. The molecular formula is C15H21BrN2S2. The van der Waals surface area contributed by atoms with Crippen LogP contribution in [0.2, 0.25) is 0 Å². The zero-order valence-corrected chi connectivity index (χ0v) is 15.3. The highest BCUT2D eigenvalue weighted by molar-refractivity contribution is 9.11. The summed E-state index contributed by atoms with van der Waals surface area (Å²) in [5.74, 6) is 0. The lowest BCUT2D eigenvalue weighted by atomic mass is 10.0. The van der Waals surface area contributed by atoms with E-state index in [9.17, 15) is 0 Å². The minimum atomic E-state index is 0.166. The second kappa shape index (κ2) is 7.18. The first-order valence-electron chi connectivity index (χ1n) is 6.75. The largest absolute Gasteiger partial charge is 0.326 e. The molecule has 2 rings (SSSR count).